The third-order valence-corrected chi connectivity index (χ3v) is 0.800. The molecule has 0 radical (unpaired) electrons. The van der Waals surface area contributed by atoms with Crippen LogP contribution < -0.4 is 0 Å². The lowest BCUT2D eigenvalue weighted by Crippen LogP contribution is -1.66. The van der Waals surface area contributed by atoms with Crippen molar-refractivity contribution < 1.29 is 0 Å². The molecule has 0 aromatic heterocycles. The average Bonchev–Trinajstić information content (AvgIpc) is 1.68. The predicted octanol–water partition coefficient (Wildman–Crippen LogP) is 2.17. The van der Waals surface area contributed by atoms with E-state index in [2.05, 4.69) is 0 Å². The van der Waals surface area contributed by atoms with Crippen molar-refractivity contribution >= 4 is 17.8 Å². The molecule has 0 aromatic carbocycles. The maximum atomic E-state index is 6.59. The molecule has 0 fully saturated rings. The molecule has 0 atom stereocenters. The summed E-state index contributed by atoms with van der Waals surface area (Å²) in [5.74, 6) is 0. The smallest absolute Gasteiger partial charge is 0.0541 e. The minimum absolute atomic E-state index is 0.516. The van der Waals surface area contributed by atoms with Crippen LogP contribution in [-0.4, -0.2) is 6.21 Å². The number of halogens is 1. The van der Waals surface area contributed by atoms with E-state index in [-0.39, 0.29) is 0 Å². The van der Waals surface area contributed by atoms with Gasteiger partial charge in [-0.15, -0.1) is 0 Å². The van der Waals surface area contributed by atoms with Crippen LogP contribution >= 0.6 is 11.6 Å². The van der Waals surface area contributed by atoms with E-state index in [1.165, 1.54) is 0 Å². The Bertz CT molecular complexity index is 86.1. The maximum absolute atomic E-state index is 6.59. The van der Waals surface area contributed by atoms with E-state index < -0.39 is 0 Å². The van der Waals surface area contributed by atoms with E-state index in [4.69, 9.17) is 17.0 Å². The fourth-order valence-corrected chi connectivity index (χ4v) is 0.408. The molecule has 7 heavy (non-hydrogen) atoms. The molecule has 1 nitrogen and oxygen atoms in total. The molecule has 0 rings (SSSR count). The van der Waals surface area contributed by atoms with Crippen LogP contribution in [0.3, 0.4) is 0 Å². The predicted molar refractivity (Wildman–Crippen MR) is 33.0 cm³/mol. The van der Waals surface area contributed by atoms with Gasteiger partial charge in [-0.05, 0) is 6.42 Å². The summed E-state index contributed by atoms with van der Waals surface area (Å²) in [6, 6.07) is 0. The highest BCUT2D eigenvalue weighted by molar-refractivity contribution is 6.38. The van der Waals surface area contributed by atoms with Gasteiger partial charge in [-0.3, -0.25) is 0 Å². The zero-order valence-electron chi connectivity index (χ0n) is 4.24. The van der Waals surface area contributed by atoms with E-state index in [0.29, 0.717) is 5.03 Å². The van der Waals surface area contributed by atoms with Crippen molar-refractivity contribution in [3.05, 3.63) is 11.1 Å². The Morgan fingerprint density at radius 1 is 1.86 bits per heavy atom. The largest absolute Gasteiger partial charge is 0.307 e. The van der Waals surface area contributed by atoms with Crippen LogP contribution in [0, 0.1) is 5.41 Å². The molecule has 0 aromatic rings. The second-order valence-corrected chi connectivity index (χ2v) is 1.58. The summed E-state index contributed by atoms with van der Waals surface area (Å²) in [6.45, 7) is 1.98. The van der Waals surface area contributed by atoms with Crippen LogP contribution in [0.4, 0.5) is 0 Å². The minimum atomic E-state index is 0.516. The monoisotopic (exact) mass is 117 g/mol. The summed E-state index contributed by atoms with van der Waals surface area (Å²) in [6.07, 6.45) is 3.81. The van der Waals surface area contributed by atoms with Gasteiger partial charge in [0.25, 0.3) is 0 Å². The third kappa shape index (κ3) is 3.53. The quantitative estimate of drug-likeness (QED) is 0.536. The van der Waals surface area contributed by atoms with Crippen molar-refractivity contribution in [2.45, 2.75) is 13.3 Å². The van der Waals surface area contributed by atoms with E-state index in [9.17, 15) is 0 Å². The Kier molecular flexibility index (Phi) is 3.71. The van der Waals surface area contributed by atoms with E-state index in [1.807, 2.05) is 6.92 Å². The third-order valence-electron chi connectivity index (χ3n) is 0.537. The first-order valence-corrected chi connectivity index (χ1v) is 2.55. The lowest BCUT2D eigenvalue weighted by atomic mass is 10.4. The topological polar surface area (TPSA) is 23.9 Å². The van der Waals surface area contributed by atoms with Gasteiger partial charge in [0, 0.05) is 6.21 Å². The summed E-state index contributed by atoms with van der Waals surface area (Å²) in [4.78, 5) is 0. The number of nitrogens with one attached hydrogen (secondary N) is 1. The molecule has 40 valence electrons. The molecule has 0 aliphatic carbocycles. The molecule has 0 saturated carbocycles. The average molecular weight is 118 g/mol. The molecule has 0 spiro atoms. The molecule has 1 N–H and O–H groups in total. The number of hydrogen-bond donors (Lipinski definition) is 1. The van der Waals surface area contributed by atoms with Gasteiger partial charge in [-0.25, -0.2) is 0 Å². The van der Waals surface area contributed by atoms with Crippen molar-refractivity contribution in [2.75, 3.05) is 0 Å². The van der Waals surface area contributed by atoms with Gasteiger partial charge in [-0.1, -0.05) is 24.6 Å². The molecule has 0 heterocycles. The van der Waals surface area contributed by atoms with Crippen LogP contribution in [-0.2, 0) is 0 Å². The molecular weight excluding hydrogens is 110 g/mol. The van der Waals surface area contributed by atoms with Gasteiger partial charge in [0.15, 0.2) is 0 Å². The zero-order valence-corrected chi connectivity index (χ0v) is 5.00. The molecule has 0 unspecified atom stereocenters. The highest BCUT2D eigenvalue weighted by Crippen LogP contribution is 1.96. The van der Waals surface area contributed by atoms with Crippen molar-refractivity contribution in [2.24, 2.45) is 0 Å². The van der Waals surface area contributed by atoms with Gasteiger partial charge in [0.2, 0.25) is 0 Å². The van der Waals surface area contributed by atoms with Crippen molar-refractivity contribution in [1.29, 1.82) is 5.41 Å². The Labute approximate surface area is 48.5 Å². The Hall–Kier alpha value is -0.300. The second kappa shape index (κ2) is 3.88. The Morgan fingerprint density at radius 2 is 2.43 bits per heavy atom. The SMILES string of the molecule is CC/C=C(/Cl)C=N. The Morgan fingerprint density at radius 3 is 2.57 bits per heavy atom. The first-order valence-electron chi connectivity index (χ1n) is 2.17. The number of hydrogen-bond acceptors (Lipinski definition) is 1. The summed E-state index contributed by atoms with van der Waals surface area (Å²) in [5, 5.41) is 7.10. The van der Waals surface area contributed by atoms with Crippen LogP contribution in [0.25, 0.3) is 0 Å². The molecule has 0 aliphatic heterocycles. The summed E-state index contributed by atoms with van der Waals surface area (Å²) < 4.78 is 0. The van der Waals surface area contributed by atoms with Crippen LogP contribution in [0.1, 0.15) is 13.3 Å². The van der Waals surface area contributed by atoms with Crippen LogP contribution in [0.5, 0.6) is 0 Å². The maximum Gasteiger partial charge on any atom is 0.0541 e. The first kappa shape index (κ1) is 6.70. The summed E-state index contributed by atoms with van der Waals surface area (Å²) in [7, 11) is 0. The number of rotatable bonds is 2. The molecular formula is C5H8ClN. The van der Waals surface area contributed by atoms with Crippen molar-refractivity contribution in [1.82, 2.24) is 0 Å². The summed E-state index contributed by atoms with van der Waals surface area (Å²) >= 11 is 5.38. The fraction of sp³-hybridized carbons (Fsp3) is 0.400. The van der Waals surface area contributed by atoms with Crippen molar-refractivity contribution in [3.63, 3.8) is 0 Å². The van der Waals surface area contributed by atoms with E-state index in [0.717, 1.165) is 12.6 Å². The zero-order chi connectivity index (χ0) is 5.70. The molecule has 2 heteroatoms. The van der Waals surface area contributed by atoms with Gasteiger partial charge in [-0.2, -0.15) is 0 Å². The lowest BCUT2D eigenvalue weighted by Gasteiger charge is -1.78. The highest BCUT2D eigenvalue weighted by Gasteiger charge is 1.76. The Balaban J connectivity index is 3.49. The van der Waals surface area contributed by atoms with Crippen LogP contribution in [0.2, 0.25) is 0 Å². The fourth-order valence-electron chi connectivity index (χ4n) is 0.254. The van der Waals surface area contributed by atoms with Gasteiger partial charge in [0.1, 0.15) is 0 Å². The van der Waals surface area contributed by atoms with E-state index >= 15 is 0 Å². The molecule has 0 saturated heterocycles. The van der Waals surface area contributed by atoms with Gasteiger partial charge in [0.05, 0.1) is 5.03 Å². The minimum Gasteiger partial charge on any atom is -0.307 e. The van der Waals surface area contributed by atoms with Crippen molar-refractivity contribution in [3.8, 4) is 0 Å². The normalized spacial score (nSPS) is 11.4. The first-order chi connectivity index (χ1) is 3.31. The van der Waals surface area contributed by atoms with E-state index in [1.54, 1.807) is 6.08 Å². The molecule has 0 aliphatic rings. The second-order valence-electron chi connectivity index (χ2n) is 1.14. The number of allylic oxidation sites excluding steroid dienone is 2. The molecule has 0 bridgehead atoms. The highest BCUT2D eigenvalue weighted by atomic mass is 35.5. The molecule has 0 amide bonds. The van der Waals surface area contributed by atoms with Gasteiger partial charge >= 0.3 is 0 Å². The standard InChI is InChI=1S/C5H8ClN/c1-2-3-5(6)4-7/h3-4,7H,2H2,1H3/b5-3+,7-4?. The lowest BCUT2D eigenvalue weighted by molar-refractivity contribution is 1.22. The summed E-state index contributed by atoms with van der Waals surface area (Å²) in [5.41, 5.74) is 0. The van der Waals surface area contributed by atoms with Gasteiger partial charge < -0.3 is 5.41 Å². The van der Waals surface area contributed by atoms with Crippen LogP contribution in [0.15, 0.2) is 11.1 Å².